The predicted octanol–water partition coefficient (Wildman–Crippen LogP) is 2.36. The number of carbonyl (C=O) groups excluding carboxylic acids is 1. The quantitative estimate of drug-likeness (QED) is 0.364. The molecule has 5 heteroatoms. The first-order valence-electron chi connectivity index (χ1n) is 7.82. The molecule has 126 valence electrons. The number of rotatable bonds is 7. The maximum absolute atomic E-state index is 11.9. The Bertz CT molecular complexity index is 534. The van der Waals surface area contributed by atoms with Crippen molar-refractivity contribution in [2.24, 2.45) is 4.99 Å². The third-order valence-corrected chi connectivity index (χ3v) is 3.53. The Morgan fingerprint density at radius 1 is 1.26 bits per heavy atom. The topological polar surface area (TPSA) is 47.9 Å². The second-order valence-corrected chi connectivity index (χ2v) is 5.65. The molecule has 1 rings (SSSR count). The van der Waals surface area contributed by atoms with Gasteiger partial charge in [-0.25, -0.2) is 0 Å². The lowest BCUT2D eigenvalue weighted by Crippen LogP contribution is -2.38. The summed E-state index contributed by atoms with van der Waals surface area (Å²) in [7, 11) is 7.32. The molecule has 0 fully saturated rings. The molecule has 0 saturated heterocycles. The molecule has 1 N–H and O–H groups in total. The van der Waals surface area contributed by atoms with E-state index < -0.39 is 0 Å². The molecule has 0 aliphatic carbocycles. The first kappa shape index (κ1) is 18.7. The molecule has 0 aliphatic heterocycles. The minimum absolute atomic E-state index is 0.0160. The van der Waals surface area contributed by atoms with Crippen LogP contribution >= 0.6 is 0 Å². The van der Waals surface area contributed by atoms with Gasteiger partial charge >= 0.3 is 0 Å². The van der Waals surface area contributed by atoms with E-state index in [4.69, 9.17) is 0 Å². The third kappa shape index (κ3) is 6.14. The summed E-state index contributed by atoms with van der Waals surface area (Å²) in [6.45, 7) is 5.35. The van der Waals surface area contributed by atoms with Gasteiger partial charge in [0.15, 0.2) is 5.96 Å². The van der Waals surface area contributed by atoms with Gasteiger partial charge in [0, 0.05) is 46.8 Å². The number of guanidine groups is 1. The van der Waals surface area contributed by atoms with Crippen LogP contribution in [0.3, 0.4) is 0 Å². The number of nitrogens with zero attached hydrogens (tertiary/aromatic N) is 3. The molecule has 0 bridgehead atoms. The zero-order valence-corrected chi connectivity index (χ0v) is 14.7. The van der Waals surface area contributed by atoms with Crippen molar-refractivity contribution < 1.29 is 4.79 Å². The normalized spacial score (nSPS) is 11.0. The molecule has 0 atom stereocenters. The number of unbranched alkanes of at least 4 members (excludes halogenated alkanes) is 1. The van der Waals surface area contributed by atoms with Gasteiger partial charge in [0.1, 0.15) is 0 Å². The van der Waals surface area contributed by atoms with E-state index in [0.29, 0.717) is 12.1 Å². The zero-order valence-electron chi connectivity index (χ0n) is 14.7. The lowest BCUT2D eigenvalue weighted by Gasteiger charge is -2.22. The number of hydrogen-bond acceptors (Lipinski definition) is 2. The smallest absolute Gasteiger partial charge is 0.253 e. The van der Waals surface area contributed by atoms with Gasteiger partial charge in [0.05, 0.1) is 0 Å². The van der Waals surface area contributed by atoms with E-state index in [1.807, 2.05) is 37.4 Å². The lowest BCUT2D eigenvalue weighted by atomic mass is 10.1. The third-order valence-electron chi connectivity index (χ3n) is 3.53. The number of benzene rings is 1. The molecule has 0 radical (unpaired) electrons. The van der Waals surface area contributed by atoms with E-state index in [-0.39, 0.29) is 5.91 Å². The van der Waals surface area contributed by atoms with Crippen LogP contribution in [0.4, 0.5) is 0 Å². The molecule has 5 nitrogen and oxygen atoms in total. The Kier molecular flexibility index (Phi) is 7.88. The fourth-order valence-electron chi connectivity index (χ4n) is 2.17. The van der Waals surface area contributed by atoms with Crippen molar-refractivity contribution in [3.05, 3.63) is 48.0 Å². The van der Waals surface area contributed by atoms with Crippen LogP contribution in [0.2, 0.25) is 0 Å². The van der Waals surface area contributed by atoms with Crippen LogP contribution < -0.4 is 5.32 Å². The summed E-state index contributed by atoms with van der Waals surface area (Å²) in [5, 5.41) is 3.34. The Morgan fingerprint density at radius 3 is 2.43 bits per heavy atom. The molecule has 1 aromatic rings. The van der Waals surface area contributed by atoms with Gasteiger partial charge in [-0.2, -0.15) is 0 Å². The molecule has 23 heavy (non-hydrogen) atoms. The fraction of sp³-hybridized carbons (Fsp3) is 0.444. The summed E-state index contributed by atoms with van der Waals surface area (Å²) in [5.74, 6) is 0.879. The highest BCUT2D eigenvalue weighted by Gasteiger charge is 2.08. The molecular weight excluding hydrogens is 288 g/mol. The molecule has 0 aliphatic rings. The number of aliphatic imine (C=N–C) groups is 1. The van der Waals surface area contributed by atoms with Gasteiger partial charge in [0.2, 0.25) is 0 Å². The maximum atomic E-state index is 11.9. The predicted molar refractivity (Wildman–Crippen MR) is 96.7 cm³/mol. The number of carbonyl (C=O) groups is 1. The van der Waals surface area contributed by atoms with Crippen molar-refractivity contribution in [2.45, 2.75) is 19.4 Å². The standard InChI is InChI=1S/C18H28N4O/c1-6-7-8-13-22(5)18(19-2)20-14-15-9-11-16(12-10-15)17(23)21(3)4/h6,9-12H,1,7-8,13-14H2,2-5H3,(H,19,20). The summed E-state index contributed by atoms with van der Waals surface area (Å²) in [6, 6.07) is 7.65. The highest BCUT2D eigenvalue weighted by molar-refractivity contribution is 5.93. The Morgan fingerprint density at radius 2 is 1.91 bits per heavy atom. The number of nitrogens with one attached hydrogen (secondary N) is 1. The van der Waals surface area contributed by atoms with Gasteiger partial charge in [-0.05, 0) is 30.5 Å². The van der Waals surface area contributed by atoms with Crippen LogP contribution in [0.1, 0.15) is 28.8 Å². The number of hydrogen-bond donors (Lipinski definition) is 1. The van der Waals surface area contributed by atoms with Crippen molar-refractivity contribution in [3.63, 3.8) is 0 Å². The van der Waals surface area contributed by atoms with E-state index in [0.717, 1.165) is 30.9 Å². The second kappa shape index (κ2) is 9.66. The van der Waals surface area contributed by atoms with Crippen molar-refractivity contribution >= 4 is 11.9 Å². The summed E-state index contributed by atoms with van der Waals surface area (Å²) >= 11 is 0. The fourth-order valence-corrected chi connectivity index (χ4v) is 2.17. The molecular formula is C18H28N4O. The largest absolute Gasteiger partial charge is 0.352 e. The monoisotopic (exact) mass is 316 g/mol. The minimum atomic E-state index is 0.0160. The van der Waals surface area contributed by atoms with Crippen LogP contribution in [0.5, 0.6) is 0 Å². The molecule has 1 amide bonds. The molecule has 0 spiro atoms. The Labute approximate surface area is 139 Å². The van der Waals surface area contributed by atoms with Gasteiger partial charge in [-0.15, -0.1) is 6.58 Å². The van der Waals surface area contributed by atoms with E-state index in [9.17, 15) is 4.79 Å². The maximum Gasteiger partial charge on any atom is 0.253 e. The summed E-state index contributed by atoms with van der Waals surface area (Å²) in [5.41, 5.74) is 1.81. The summed E-state index contributed by atoms with van der Waals surface area (Å²) in [6.07, 6.45) is 3.99. The number of allylic oxidation sites excluding steroid dienone is 1. The van der Waals surface area contributed by atoms with E-state index in [2.05, 4.69) is 21.8 Å². The summed E-state index contributed by atoms with van der Waals surface area (Å²) in [4.78, 5) is 19.8. The summed E-state index contributed by atoms with van der Waals surface area (Å²) < 4.78 is 0. The van der Waals surface area contributed by atoms with Crippen LogP contribution in [-0.4, -0.2) is 56.4 Å². The zero-order chi connectivity index (χ0) is 17.2. The van der Waals surface area contributed by atoms with Gasteiger partial charge in [0.25, 0.3) is 5.91 Å². The molecule has 0 heterocycles. The second-order valence-electron chi connectivity index (χ2n) is 5.65. The molecule has 0 aromatic heterocycles. The van der Waals surface area contributed by atoms with Crippen molar-refractivity contribution in [1.29, 1.82) is 0 Å². The highest BCUT2D eigenvalue weighted by Crippen LogP contribution is 2.06. The first-order chi connectivity index (χ1) is 11.0. The van der Waals surface area contributed by atoms with Crippen LogP contribution in [0.15, 0.2) is 41.9 Å². The van der Waals surface area contributed by atoms with E-state index in [1.54, 1.807) is 26.0 Å². The van der Waals surface area contributed by atoms with Crippen LogP contribution in [0.25, 0.3) is 0 Å². The Balaban J connectivity index is 2.55. The van der Waals surface area contributed by atoms with Gasteiger partial charge in [-0.1, -0.05) is 18.2 Å². The van der Waals surface area contributed by atoms with Gasteiger partial charge < -0.3 is 15.1 Å². The lowest BCUT2D eigenvalue weighted by molar-refractivity contribution is 0.0827. The first-order valence-corrected chi connectivity index (χ1v) is 7.82. The van der Waals surface area contributed by atoms with Crippen molar-refractivity contribution in [3.8, 4) is 0 Å². The number of amides is 1. The molecule has 0 unspecified atom stereocenters. The van der Waals surface area contributed by atoms with Crippen LogP contribution in [-0.2, 0) is 6.54 Å². The molecule has 0 saturated carbocycles. The van der Waals surface area contributed by atoms with Gasteiger partial charge in [-0.3, -0.25) is 9.79 Å². The average Bonchev–Trinajstić information content (AvgIpc) is 2.55. The van der Waals surface area contributed by atoms with E-state index >= 15 is 0 Å². The highest BCUT2D eigenvalue weighted by atomic mass is 16.2. The average molecular weight is 316 g/mol. The van der Waals surface area contributed by atoms with E-state index in [1.165, 1.54) is 0 Å². The minimum Gasteiger partial charge on any atom is -0.352 e. The van der Waals surface area contributed by atoms with Crippen LogP contribution in [0, 0.1) is 0 Å². The van der Waals surface area contributed by atoms with Crippen molar-refractivity contribution in [1.82, 2.24) is 15.1 Å². The van der Waals surface area contributed by atoms with Crippen molar-refractivity contribution in [2.75, 3.05) is 34.7 Å². The molecule has 1 aromatic carbocycles. The SMILES string of the molecule is C=CCCCN(C)C(=NC)NCc1ccc(C(=O)N(C)C)cc1. The Hall–Kier alpha value is -2.30.